The van der Waals surface area contributed by atoms with E-state index in [2.05, 4.69) is 11.8 Å². The first-order valence-electron chi connectivity index (χ1n) is 6.82. The topological polar surface area (TPSA) is 29.3 Å². The van der Waals surface area contributed by atoms with Crippen LogP contribution in [0.15, 0.2) is 0 Å². The largest absolute Gasteiger partial charge is 0.330 e. The van der Waals surface area contributed by atoms with E-state index in [0.29, 0.717) is 0 Å². The molecular formula is C13H28N2. The molecule has 2 N–H and O–H groups in total. The van der Waals surface area contributed by atoms with Crippen LogP contribution in [0.3, 0.4) is 0 Å². The van der Waals surface area contributed by atoms with Gasteiger partial charge in [0.15, 0.2) is 0 Å². The maximum Gasteiger partial charge on any atom is 0.00964 e. The Balaban J connectivity index is 1.98. The van der Waals surface area contributed by atoms with E-state index in [-0.39, 0.29) is 0 Å². The molecule has 0 amide bonds. The number of hydrogen-bond donors (Lipinski definition) is 1. The minimum absolute atomic E-state index is 0.863. The summed E-state index contributed by atoms with van der Waals surface area (Å²) in [4.78, 5) is 2.71. The van der Waals surface area contributed by atoms with Gasteiger partial charge >= 0.3 is 0 Å². The Morgan fingerprint density at radius 1 is 1.00 bits per heavy atom. The standard InChI is InChI=1S/C13H28N2/c1-2-3-11-15(13-8-9-13)12-7-5-4-6-10-14/h13H,2-12,14H2,1H3. The Morgan fingerprint density at radius 3 is 2.27 bits per heavy atom. The van der Waals surface area contributed by atoms with Gasteiger partial charge in [-0.05, 0) is 51.7 Å². The first kappa shape index (κ1) is 13.0. The highest BCUT2D eigenvalue weighted by Crippen LogP contribution is 2.27. The van der Waals surface area contributed by atoms with Crippen LogP contribution >= 0.6 is 0 Å². The average Bonchev–Trinajstić information content (AvgIpc) is 3.06. The molecule has 0 atom stereocenters. The summed E-state index contributed by atoms with van der Waals surface area (Å²) in [6.45, 7) is 5.81. The van der Waals surface area contributed by atoms with Crippen LogP contribution < -0.4 is 5.73 Å². The normalized spacial score (nSPS) is 16.2. The minimum atomic E-state index is 0.863. The number of hydrogen-bond acceptors (Lipinski definition) is 2. The predicted molar refractivity (Wildman–Crippen MR) is 67.0 cm³/mol. The van der Waals surface area contributed by atoms with E-state index in [0.717, 1.165) is 12.6 Å². The summed E-state index contributed by atoms with van der Waals surface area (Å²) in [7, 11) is 0. The Hall–Kier alpha value is -0.0800. The van der Waals surface area contributed by atoms with Crippen molar-refractivity contribution in [1.82, 2.24) is 4.90 Å². The van der Waals surface area contributed by atoms with Gasteiger partial charge in [-0.1, -0.05) is 26.2 Å². The summed E-state index contributed by atoms with van der Waals surface area (Å²) in [5.74, 6) is 0. The average molecular weight is 212 g/mol. The van der Waals surface area contributed by atoms with Crippen LogP contribution in [0.4, 0.5) is 0 Å². The quantitative estimate of drug-likeness (QED) is 0.564. The molecule has 0 aromatic carbocycles. The van der Waals surface area contributed by atoms with Gasteiger partial charge in [-0.3, -0.25) is 0 Å². The molecule has 0 aromatic heterocycles. The van der Waals surface area contributed by atoms with E-state index in [1.54, 1.807) is 0 Å². The first-order valence-corrected chi connectivity index (χ1v) is 6.82. The van der Waals surface area contributed by atoms with E-state index in [9.17, 15) is 0 Å². The Morgan fingerprint density at radius 2 is 1.67 bits per heavy atom. The smallest absolute Gasteiger partial charge is 0.00964 e. The van der Waals surface area contributed by atoms with E-state index in [1.807, 2.05) is 0 Å². The molecule has 1 aliphatic carbocycles. The van der Waals surface area contributed by atoms with Crippen molar-refractivity contribution in [2.24, 2.45) is 5.73 Å². The van der Waals surface area contributed by atoms with Gasteiger partial charge in [0.05, 0.1) is 0 Å². The molecule has 0 radical (unpaired) electrons. The molecular weight excluding hydrogens is 184 g/mol. The first-order chi connectivity index (χ1) is 7.38. The Bertz CT molecular complexity index is 143. The summed E-state index contributed by atoms with van der Waals surface area (Å²) in [5.41, 5.74) is 5.48. The van der Waals surface area contributed by atoms with Gasteiger partial charge in [0.1, 0.15) is 0 Å². The third-order valence-electron chi connectivity index (χ3n) is 3.26. The molecule has 1 fully saturated rings. The lowest BCUT2D eigenvalue weighted by Crippen LogP contribution is -2.28. The van der Waals surface area contributed by atoms with Crippen molar-refractivity contribution in [3.8, 4) is 0 Å². The Labute approximate surface area is 95.2 Å². The highest BCUT2D eigenvalue weighted by Gasteiger charge is 2.27. The van der Waals surface area contributed by atoms with Crippen LogP contribution in [0, 0.1) is 0 Å². The van der Waals surface area contributed by atoms with Crippen molar-refractivity contribution in [2.45, 2.75) is 64.3 Å². The monoisotopic (exact) mass is 212 g/mol. The lowest BCUT2D eigenvalue weighted by molar-refractivity contribution is 0.253. The van der Waals surface area contributed by atoms with Crippen molar-refractivity contribution in [2.75, 3.05) is 19.6 Å². The maximum atomic E-state index is 5.48. The minimum Gasteiger partial charge on any atom is -0.330 e. The van der Waals surface area contributed by atoms with Gasteiger partial charge < -0.3 is 10.6 Å². The van der Waals surface area contributed by atoms with Crippen molar-refractivity contribution < 1.29 is 0 Å². The van der Waals surface area contributed by atoms with Crippen molar-refractivity contribution in [3.63, 3.8) is 0 Å². The summed E-state index contributed by atoms with van der Waals surface area (Å²) >= 11 is 0. The van der Waals surface area contributed by atoms with Crippen molar-refractivity contribution in [1.29, 1.82) is 0 Å². The number of rotatable bonds is 10. The SMILES string of the molecule is CCCCN(CCCCCCN)C1CC1. The fraction of sp³-hybridized carbons (Fsp3) is 1.00. The number of nitrogens with zero attached hydrogens (tertiary/aromatic N) is 1. The lowest BCUT2D eigenvalue weighted by Gasteiger charge is -2.21. The van der Waals surface area contributed by atoms with Gasteiger partial charge in [-0.25, -0.2) is 0 Å². The van der Waals surface area contributed by atoms with Crippen LogP contribution in [0.25, 0.3) is 0 Å². The zero-order chi connectivity index (χ0) is 10.9. The summed E-state index contributed by atoms with van der Waals surface area (Å²) in [5, 5.41) is 0. The molecule has 0 aromatic rings. The summed E-state index contributed by atoms with van der Waals surface area (Å²) < 4.78 is 0. The molecule has 0 aliphatic heterocycles. The highest BCUT2D eigenvalue weighted by molar-refractivity contribution is 4.84. The molecule has 1 aliphatic rings. The van der Waals surface area contributed by atoms with Gasteiger partial charge in [0.2, 0.25) is 0 Å². The van der Waals surface area contributed by atoms with Crippen LogP contribution in [0.2, 0.25) is 0 Å². The molecule has 0 unspecified atom stereocenters. The highest BCUT2D eigenvalue weighted by atomic mass is 15.2. The van der Waals surface area contributed by atoms with Crippen LogP contribution in [0.1, 0.15) is 58.3 Å². The number of unbranched alkanes of at least 4 members (excludes halogenated alkanes) is 4. The van der Waals surface area contributed by atoms with E-state index >= 15 is 0 Å². The predicted octanol–water partition coefficient (Wildman–Crippen LogP) is 2.77. The zero-order valence-electron chi connectivity index (χ0n) is 10.4. The number of nitrogens with two attached hydrogens (primary N) is 1. The molecule has 0 saturated heterocycles. The lowest BCUT2D eigenvalue weighted by atomic mass is 10.2. The van der Waals surface area contributed by atoms with Gasteiger partial charge in [0, 0.05) is 6.04 Å². The van der Waals surface area contributed by atoms with E-state index in [1.165, 1.54) is 64.5 Å². The molecule has 15 heavy (non-hydrogen) atoms. The van der Waals surface area contributed by atoms with Crippen molar-refractivity contribution in [3.05, 3.63) is 0 Å². The molecule has 2 nitrogen and oxygen atoms in total. The van der Waals surface area contributed by atoms with E-state index in [4.69, 9.17) is 5.73 Å². The second kappa shape index (κ2) is 8.12. The van der Waals surface area contributed by atoms with Crippen molar-refractivity contribution >= 4 is 0 Å². The fourth-order valence-corrected chi connectivity index (χ4v) is 2.09. The zero-order valence-corrected chi connectivity index (χ0v) is 10.4. The molecule has 0 heterocycles. The van der Waals surface area contributed by atoms with Gasteiger partial charge in [-0.2, -0.15) is 0 Å². The molecule has 90 valence electrons. The molecule has 0 spiro atoms. The van der Waals surface area contributed by atoms with Crippen LogP contribution in [0.5, 0.6) is 0 Å². The maximum absolute atomic E-state index is 5.48. The molecule has 1 saturated carbocycles. The molecule has 0 bridgehead atoms. The van der Waals surface area contributed by atoms with Crippen LogP contribution in [-0.2, 0) is 0 Å². The third kappa shape index (κ3) is 6.16. The summed E-state index contributed by atoms with van der Waals surface area (Å²) in [6, 6.07) is 0.950. The second-order valence-corrected chi connectivity index (χ2v) is 4.82. The second-order valence-electron chi connectivity index (χ2n) is 4.82. The summed E-state index contributed by atoms with van der Waals surface area (Å²) in [6.07, 6.45) is 10.9. The molecule has 1 rings (SSSR count). The fourth-order valence-electron chi connectivity index (χ4n) is 2.09. The van der Waals surface area contributed by atoms with Gasteiger partial charge in [-0.15, -0.1) is 0 Å². The van der Waals surface area contributed by atoms with E-state index < -0.39 is 0 Å². The Kier molecular flexibility index (Phi) is 7.03. The molecule has 2 heteroatoms. The van der Waals surface area contributed by atoms with Crippen LogP contribution in [-0.4, -0.2) is 30.6 Å². The third-order valence-corrected chi connectivity index (χ3v) is 3.26. The van der Waals surface area contributed by atoms with Gasteiger partial charge in [0.25, 0.3) is 0 Å².